The van der Waals surface area contributed by atoms with Gasteiger partial charge >= 0.3 is 0 Å². The first kappa shape index (κ1) is 17.7. The Morgan fingerprint density at radius 1 is 1.24 bits per heavy atom. The van der Waals surface area contributed by atoms with Crippen molar-refractivity contribution in [2.24, 2.45) is 7.05 Å². The molecule has 130 valence electrons. The molecule has 3 rings (SSSR count). The number of nitrogens with zero attached hydrogens (tertiary/aromatic N) is 2. The number of halogens is 3. The number of carbonyl (C=O) groups excluding carboxylic acids is 1. The van der Waals surface area contributed by atoms with Gasteiger partial charge in [0.15, 0.2) is 17.3 Å². The van der Waals surface area contributed by atoms with Gasteiger partial charge in [0, 0.05) is 24.3 Å². The quantitative estimate of drug-likeness (QED) is 0.667. The zero-order valence-corrected chi connectivity index (χ0v) is 15.2. The molecule has 9 heteroatoms. The van der Waals surface area contributed by atoms with E-state index in [4.69, 9.17) is 44.0 Å². The van der Waals surface area contributed by atoms with E-state index in [-0.39, 0.29) is 22.4 Å². The van der Waals surface area contributed by atoms with Gasteiger partial charge in [0.1, 0.15) is 12.4 Å². The van der Waals surface area contributed by atoms with Gasteiger partial charge in [-0.3, -0.25) is 9.48 Å². The summed E-state index contributed by atoms with van der Waals surface area (Å²) in [4.78, 5) is 12.1. The third kappa shape index (κ3) is 4.28. The monoisotopic (exact) mass is 399 g/mol. The number of aromatic nitrogens is 2. The van der Waals surface area contributed by atoms with Gasteiger partial charge in [0.05, 0.1) is 10.0 Å². The summed E-state index contributed by atoms with van der Waals surface area (Å²) in [5.74, 6) is 0.892. The third-order valence-electron chi connectivity index (χ3n) is 3.16. The lowest BCUT2D eigenvalue weighted by molar-refractivity contribution is 0.0992. The van der Waals surface area contributed by atoms with Crippen LogP contribution in [0.4, 0.5) is 5.82 Å². The van der Waals surface area contributed by atoms with Crippen LogP contribution in [-0.2, 0) is 13.7 Å². The number of hydrogen-bond acceptors (Lipinski definition) is 4. The minimum Gasteiger partial charge on any atom is -0.483 e. The highest BCUT2D eigenvalue weighted by molar-refractivity contribution is 6.40. The van der Waals surface area contributed by atoms with E-state index in [2.05, 4.69) is 10.4 Å². The average molecular weight is 401 g/mol. The fourth-order valence-corrected chi connectivity index (χ4v) is 2.97. The number of nitrogens with one attached hydrogen (secondary N) is 1. The number of amides is 1. The first-order valence-corrected chi connectivity index (χ1v) is 8.23. The maximum absolute atomic E-state index is 12.1. The molecule has 0 spiro atoms. The van der Waals surface area contributed by atoms with Crippen molar-refractivity contribution in [3.63, 3.8) is 0 Å². The maximum Gasteiger partial charge on any atom is 0.292 e. The minimum atomic E-state index is -0.410. The summed E-state index contributed by atoms with van der Waals surface area (Å²) < 4.78 is 12.6. The SMILES string of the molecule is Cn1ccc(NC(=O)c2ccc(COc3c(Cl)cc(Cl)cc3Cl)o2)n1. The lowest BCUT2D eigenvalue weighted by Gasteiger charge is -2.09. The van der Waals surface area contributed by atoms with Crippen LogP contribution in [0.5, 0.6) is 5.75 Å². The summed E-state index contributed by atoms with van der Waals surface area (Å²) in [6.45, 7) is 0.0535. The molecule has 6 nitrogen and oxygen atoms in total. The highest BCUT2D eigenvalue weighted by Gasteiger charge is 2.14. The topological polar surface area (TPSA) is 69.3 Å². The second-order valence-corrected chi connectivity index (χ2v) is 6.33. The molecule has 0 aliphatic heterocycles. The standard InChI is InChI=1S/C16H12Cl3N3O3/c1-22-5-4-14(21-22)20-16(23)13-3-2-10(25-13)8-24-15-11(18)6-9(17)7-12(15)19/h2-7H,8H2,1H3,(H,20,21,23). The predicted molar refractivity (Wildman–Crippen MR) is 95.7 cm³/mol. The molecule has 0 saturated carbocycles. The number of carbonyl (C=O) groups is 1. The second kappa shape index (κ2) is 7.39. The van der Waals surface area contributed by atoms with E-state index < -0.39 is 5.91 Å². The van der Waals surface area contributed by atoms with Crippen LogP contribution in [0, 0.1) is 0 Å². The molecule has 1 aromatic carbocycles. The number of benzene rings is 1. The van der Waals surface area contributed by atoms with E-state index in [9.17, 15) is 4.79 Å². The Morgan fingerprint density at radius 2 is 1.96 bits per heavy atom. The summed E-state index contributed by atoms with van der Waals surface area (Å²) in [7, 11) is 1.75. The van der Waals surface area contributed by atoms with E-state index >= 15 is 0 Å². The average Bonchev–Trinajstić information content (AvgIpc) is 3.15. The predicted octanol–water partition coefficient (Wildman–Crippen LogP) is 4.80. The molecule has 0 radical (unpaired) electrons. The molecule has 0 unspecified atom stereocenters. The Balaban J connectivity index is 1.65. The molecule has 0 saturated heterocycles. The number of hydrogen-bond donors (Lipinski definition) is 1. The first-order chi connectivity index (χ1) is 11.9. The van der Waals surface area contributed by atoms with Gasteiger partial charge in [0.25, 0.3) is 5.91 Å². The zero-order chi connectivity index (χ0) is 18.0. The number of ether oxygens (including phenoxy) is 1. The third-order valence-corrected chi connectivity index (χ3v) is 3.94. The number of aryl methyl sites for hydroxylation is 1. The highest BCUT2D eigenvalue weighted by atomic mass is 35.5. The molecular weight excluding hydrogens is 389 g/mol. The van der Waals surface area contributed by atoms with Crippen LogP contribution in [0.25, 0.3) is 0 Å². The first-order valence-electron chi connectivity index (χ1n) is 7.09. The van der Waals surface area contributed by atoms with E-state index in [1.165, 1.54) is 12.1 Å². The van der Waals surface area contributed by atoms with Crippen LogP contribution in [0.1, 0.15) is 16.3 Å². The van der Waals surface area contributed by atoms with Gasteiger partial charge in [-0.25, -0.2) is 0 Å². The summed E-state index contributed by atoms with van der Waals surface area (Å²) in [6.07, 6.45) is 1.72. The van der Waals surface area contributed by atoms with Crippen molar-refractivity contribution in [1.29, 1.82) is 0 Å². The van der Waals surface area contributed by atoms with E-state index in [1.54, 1.807) is 36.1 Å². The van der Waals surface area contributed by atoms with Crippen molar-refractivity contribution in [2.75, 3.05) is 5.32 Å². The zero-order valence-electron chi connectivity index (χ0n) is 12.9. The number of furan rings is 1. The van der Waals surface area contributed by atoms with Gasteiger partial charge in [-0.2, -0.15) is 5.10 Å². The molecular formula is C16H12Cl3N3O3. The van der Waals surface area contributed by atoms with Gasteiger partial charge in [0.2, 0.25) is 0 Å². The van der Waals surface area contributed by atoms with Crippen molar-refractivity contribution in [1.82, 2.24) is 9.78 Å². The summed E-state index contributed by atoms with van der Waals surface area (Å²) in [5, 5.41) is 7.68. The lowest BCUT2D eigenvalue weighted by atomic mass is 10.3. The smallest absolute Gasteiger partial charge is 0.292 e. The van der Waals surface area contributed by atoms with Gasteiger partial charge in [-0.15, -0.1) is 0 Å². The largest absolute Gasteiger partial charge is 0.483 e. The lowest BCUT2D eigenvalue weighted by Crippen LogP contribution is -2.11. The van der Waals surface area contributed by atoms with Crippen LogP contribution in [0.2, 0.25) is 15.1 Å². The Morgan fingerprint density at radius 3 is 2.60 bits per heavy atom. The van der Waals surface area contributed by atoms with Crippen molar-refractivity contribution in [2.45, 2.75) is 6.61 Å². The molecule has 1 N–H and O–H groups in total. The van der Waals surface area contributed by atoms with Gasteiger partial charge in [-0.1, -0.05) is 34.8 Å². The number of rotatable bonds is 5. The highest BCUT2D eigenvalue weighted by Crippen LogP contribution is 2.36. The normalized spacial score (nSPS) is 10.7. The van der Waals surface area contributed by atoms with Crippen LogP contribution in [0.15, 0.2) is 40.9 Å². The molecule has 0 aliphatic rings. The van der Waals surface area contributed by atoms with Crippen molar-refractivity contribution >= 4 is 46.5 Å². The minimum absolute atomic E-state index is 0.0535. The molecule has 0 bridgehead atoms. The molecule has 2 aromatic heterocycles. The maximum atomic E-state index is 12.1. The molecule has 1 amide bonds. The van der Waals surface area contributed by atoms with E-state index in [0.29, 0.717) is 22.4 Å². The van der Waals surface area contributed by atoms with Crippen LogP contribution >= 0.6 is 34.8 Å². The van der Waals surface area contributed by atoms with Crippen molar-refractivity contribution in [3.8, 4) is 5.75 Å². The molecule has 0 fully saturated rings. The Hall–Kier alpha value is -2.15. The molecule has 0 aliphatic carbocycles. The van der Waals surface area contributed by atoms with Crippen LogP contribution in [0.3, 0.4) is 0 Å². The van der Waals surface area contributed by atoms with Crippen LogP contribution in [-0.4, -0.2) is 15.7 Å². The molecule has 25 heavy (non-hydrogen) atoms. The Bertz CT molecular complexity index is 897. The van der Waals surface area contributed by atoms with Crippen molar-refractivity contribution < 1.29 is 13.9 Å². The number of anilines is 1. The van der Waals surface area contributed by atoms with E-state index in [1.807, 2.05) is 0 Å². The Kier molecular flexibility index (Phi) is 5.22. The summed E-state index contributed by atoms with van der Waals surface area (Å²) >= 11 is 18.0. The van der Waals surface area contributed by atoms with Gasteiger partial charge < -0.3 is 14.5 Å². The van der Waals surface area contributed by atoms with Gasteiger partial charge in [-0.05, 0) is 24.3 Å². The molecule has 3 aromatic rings. The van der Waals surface area contributed by atoms with Crippen molar-refractivity contribution in [3.05, 3.63) is 63.1 Å². The fraction of sp³-hybridized carbons (Fsp3) is 0.125. The van der Waals surface area contributed by atoms with E-state index in [0.717, 1.165) is 0 Å². The molecule has 0 atom stereocenters. The fourth-order valence-electron chi connectivity index (χ4n) is 2.05. The summed E-state index contributed by atoms with van der Waals surface area (Å²) in [5.41, 5.74) is 0. The van der Waals surface area contributed by atoms with Crippen LogP contribution < -0.4 is 10.1 Å². The second-order valence-electron chi connectivity index (χ2n) is 5.08. The molecule has 2 heterocycles. The summed E-state index contributed by atoms with van der Waals surface area (Å²) in [6, 6.07) is 7.90. The Labute approximate surface area is 158 Å².